The minimum Gasteiger partial charge on any atom is -0.373 e. The van der Waals surface area contributed by atoms with Crippen LogP contribution in [-0.2, 0) is 14.3 Å². The van der Waals surface area contributed by atoms with Gasteiger partial charge in [0.05, 0.1) is 25.4 Å². The van der Waals surface area contributed by atoms with Crippen molar-refractivity contribution < 1.29 is 14.3 Å². The van der Waals surface area contributed by atoms with Gasteiger partial charge in [-0.3, -0.25) is 4.79 Å². The molecule has 1 aliphatic heterocycles. The quantitative estimate of drug-likeness (QED) is 0.684. The molecule has 7 atom stereocenters. The number of carbonyl (C=O) groups is 1. The molecule has 5 aliphatic rings. The van der Waals surface area contributed by atoms with Crippen LogP contribution in [0.4, 0.5) is 0 Å². The molecule has 0 spiro atoms. The van der Waals surface area contributed by atoms with Crippen LogP contribution in [0.5, 0.6) is 0 Å². The number of carbonyl (C=O) groups excluding carboxylic acids is 1. The first-order chi connectivity index (χ1) is 11.5. The normalized spacial score (nSPS) is 52.2. The van der Waals surface area contributed by atoms with Crippen molar-refractivity contribution in [3.05, 3.63) is 36.0 Å². The monoisotopic (exact) mass is 326 g/mol. The highest BCUT2D eigenvalue weighted by Crippen LogP contribution is 2.63. The third kappa shape index (κ3) is 1.83. The number of hydrogen-bond donors (Lipinski definition) is 0. The number of ether oxygens (including phenoxy) is 2. The Hall–Kier alpha value is -1.19. The molecule has 4 aliphatic carbocycles. The van der Waals surface area contributed by atoms with Crippen molar-refractivity contribution in [1.29, 1.82) is 0 Å². The fourth-order valence-electron chi connectivity index (χ4n) is 6.43. The van der Waals surface area contributed by atoms with Crippen LogP contribution in [0.3, 0.4) is 0 Å². The van der Waals surface area contributed by atoms with E-state index in [1.807, 2.05) is 6.08 Å². The zero-order valence-electron chi connectivity index (χ0n) is 14.5. The van der Waals surface area contributed by atoms with Crippen LogP contribution in [0.2, 0.25) is 0 Å². The summed E-state index contributed by atoms with van der Waals surface area (Å²) in [6.45, 7) is 6.22. The van der Waals surface area contributed by atoms with Crippen LogP contribution < -0.4 is 0 Å². The first-order valence-corrected chi connectivity index (χ1v) is 9.39. The second-order valence-corrected chi connectivity index (χ2v) is 8.75. The summed E-state index contributed by atoms with van der Waals surface area (Å²) in [5, 5.41) is 0. The van der Waals surface area contributed by atoms with E-state index in [2.05, 4.69) is 32.1 Å². The van der Waals surface area contributed by atoms with Gasteiger partial charge < -0.3 is 9.47 Å². The summed E-state index contributed by atoms with van der Waals surface area (Å²) in [4.78, 5) is 11.8. The van der Waals surface area contributed by atoms with E-state index in [4.69, 9.17) is 9.47 Å². The minimum absolute atomic E-state index is 0.00410. The van der Waals surface area contributed by atoms with Crippen molar-refractivity contribution in [2.24, 2.45) is 28.6 Å². The van der Waals surface area contributed by atoms with Crippen molar-refractivity contribution >= 4 is 5.78 Å². The zero-order chi connectivity index (χ0) is 16.5. The Kier molecular flexibility index (Phi) is 3.10. The van der Waals surface area contributed by atoms with Gasteiger partial charge in [0.2, 0.25) is 0 Å². The van der Waals surface area contributed by atoms with E-state index in [-0.39, 0.29) is 28.8 Å². The molecule has 3 fully saturated rings. The molecule has 0 aromatic heterocycles. The Balaban J connectivity index is 1.54. The third-order valence-corrected chi connectivity index (χ3v) is 7.74. The lowest BCUT2D eigenvalue weighted by atomic mass is 9.50. The molecule has 0 aromatic carbocycles. The van der Waals surface area contributed by atoms with E-state index in [1.54, 1.807) is 6.08 Å². The van der Waals surface area contributed by atoms with E-state index in [9.17, 15) is 4.79 Å². The third-order valence-electron chi connectivity index (χ3n) is 7.74. The fraction of sp³-hybridized carbons (Fsp3) is 0.667. The molecular weight excluding hydrogens is 300 g/mol. The van der Waals surface area contributed by atoms with Crippen molar-refractivity contribution in [2.75, 3.05) is 13.2 Å². The highest BCUT2D eigenvalue weighted by atomic mass is 16.6. The number of ketones is 1. The SMILES string of the molecule is C[C@]12C=CC(=O)C=C1C=C[C@@H]1[C@@H]2CC[C@]2(C)C3OCCOC3C[C@@H]12. The maximum absolute atomic E-state index is 11.8. The Bertz CT molecular complexity index is 675. The Labute approximate surface area is 143 Å². The fourth-order valence-corrected chi connectivity index (χ4v) is 6.43. The zero-order valence-corrected chi connectivity index (χ0v) is 14.5. The van der Waals surface area contributed by atoms with E-state index in [0.717, 1.165) is 19.6 Å². The molecule has 0 bridgehead atoms. The molecule has 0 N–H and O–H groups in total. The maximum Gasteiger partial charge on any atom is 0.178 e. The lowest BCUT2D eigenvalue weighted by Gasteiger charge is -2.54. The molecule has 128 valence electrons. The van der Waals surface area contributed by atoms with Gasteiger partial charge in [-0.05, 0) is 60.2 Å². The van der Waals surface area contributed by atoms with E-state index >= 15 is 0 Å². The number of allylic oxidation sites excluding steroid dienone is 6. The van der Waals surface area contributed by atoms with Gasteiger partial charge in [0.1, 0.15) is 0 Å². The number of fused-ring (bicyclic) bond motifs is 7. The van der Waals surface area contributed by atoms with Gasteiger partial charge in [-0.1, -0.05) is 32.1 Å². The van der Waals surface area contributed by atoms with Gasteiger partial charge in [0, 0.05) is 5.41 Å². The molecule has 0 aromatic rings. The van der Waals surface area contributed by atoms with E-state index in [1.165, 1.54) is 18.4 Å². The predicted molar refractivity (Wildman–Crippen MR) is 91.4 cm³/mol. The molecular formula is C21H26O3. The molecule has 1 heterocycles. The van der Waals surface area contributed by atoms with Crippen LogP contribution in [0.1, 0.15) is 33.1 Å². The van der Waals surface area contributed by atoms with Crippen LogP contribution in [0.25, 0.3) is 0 Å². The van der Waals surface area contributed by atoms with Crippen molar-refractivity contribution in [3.63, 3.8) is 0 Å². The summed E-state index contributed by atoms with van der Waals surface area (Å²) in [5.74, 6) is 1.88. The molecule has 2 unspecified atom stereocenters. The van der Waals surface area contributed by atoms with Gasteiger partial charge in [-0.25, -0.2) is 0 Å². The van der Waals surface area contributed by atoms with Crippen molar-refractivity contribution in [2.45, 2.75) is 45.3 Å². The Morgan fingerprint density at radius 2 is 1.96 bits per heavy atom. The van der Waals surface area contributed by atoms with E-state index < -0.39 is 0 Å². The standard InChI is InChI=1S/C21H26O3/c1-20-7-5-14(22)11-13(20)3-4-15-16(20)6-8-21(2)17(15)12-18-19(21)24-10-9-23-18/h3-5,7,11,15-19H,6,8-10,12H2,1-2H3/t15-,16+,17+,18?,19?,20+,21+/m1/s1. The van der Waals surface area contributed by atoms with Gasteiger partial charge in [0.25, 0.3) is 0 Å². The topological polar surface area (TPSA) is 35.5 Å². The molecule has 1 saturated heterocycles. The molecule has 0 radical (unpaired) electrons. The van der Waals surface area contributed by atoms with Crippen molar-refractivity contribution in [1.82, 2.24) is 0 Å². The highest BCUT2D eigenvalue weighted by Gasteiger charge is 2.61. The smallest absolute Gasteiger partial charge is 0.178 e. The second kappa shape index (κ2) is 4.92. The first-order valence-electron chi connectivity index (χ1n) is 9.39. The summed E-state index contributed by atoms with van der Waals surface area (Å²) in [7, 11) is 0. The summed E-state index contributed by atoms with van der Waals surface area (Å²) < 4.78 is 12.2. The largest absolute Gasteiger partial charge is 0.373 e. The van der Waals surface area contributed by atoms with Crippen LogP contribution in [0, 0.1) is 28.6 Å². The van der Waals surface area contributed by atoms with Gasteiger partial charge in [0.15, 0.2) is 5.78 Å². The summed E-state index contributed by atoms with van der Waals surface area (Å²) in [5.41, 5.74) is 1.43. The summed E-state index contributed by atoms with van der Waals surface area (Å²) >= 11 is 0. The molecule has 24 heavy (non-hydrogen) atoms. The van der Waals surface area contributed by atoms with Gasteiger partial charge in [-0.2, -0.15) is 0 Å². The second-order valence-electron chi connectivity index (χ2n) is 8.75. The lowest BCUT2D eigenvalue weighted by Crippen LogP contribution is -2.50. The Morgan fingerprint density at radius 3 is 2.83 bits per heavy atom. The van der Waals surface area contributed by atoms with Crippen LogP contribution >= 0.6 is 0 Å². The Morgan fingerprint density at radius 1 is 1.12 bits per heavy atom. The summed E-state index contributed by atoms with van der Waals surface area (Å²) in [6, 6.07) is 0. The lowest BCUT2D eigenvalue weighted by molar-refractivity contribution is -0.163. The highest BCUT2D eigenvalue weighted by molar-refractivity contribution is 6.01. The number of rotatable bonds is 0. The van der Waals surface area contributed by atoms with Crippen molar-refractivity contribution in [3.8, 4) is 0 Å². The van der Waals surface area contributed by atoms with Crippen LogP contribution in [-0.4, -0.2) is 31.2 Å². The van der Waals surface area contributed by atoms with E-state index in [0.29, 0.717) is 17.8 Å². The first kappa shape index (κ1) is 15.1. The molecule has 0 amide bonds. The molecule has 3 nitrogen and oxygen atoms in total. The van der Waals surface area contributed by atoms with Gasteiger partial charge in [-0.15, -0.1) is 0 Å². The average Bonchev–Trinajstić information content (AvgIpc) is 2.89. The number of hydrogen-bond acceptors (Lipinski definition) is 3. The summed E-state index contributed by atoms with van der Waals surface area (Å²) in [6.07, 6.45) is 14.4. The predicted octanol–water partition coefficient (Wildman–Crippen LogP) is 3.46. The maximum atomic E-state index is 11.8. The van der Waals surface area contributed by atoms with Gasteiger partial charge >= 0.3 is 0 Å². The minimum atomic E-state index is 0.00410. The molecule has 2 saturated carbocycles. The molecule has 3 heteroatoms. The van der Waals surface area contributed by atoms with Crippen LogP contribution in [0.15, 0.2) is 36.0 Å². The average molecular weight is 326 g/mol. The molecule has 5 rings (SSSR count).